The first-order chi connectivity index (χ1) is 8.48. The summed E-state index contributed by atoms with van der Waals surface area (Å²) in [6.07, 6.45) is 1.98. The maximum Gasteiger partial charge on any atom is 0.253 e. The lowest BCUT2D eigenvalue weighted by molar-refractivity contribution is -0.147. The molecule has 0 aromatic heterocycles. The summed E-state index contributed by atoms with van der Waals surface area (Å²) < 4.78 is 5.53. The fourth-order valence-electron chi connectivity index (χ4n) is 2.89. The summed E-state index contributed by atoms with van der Waals surface area (Å²) >= 11 is 0. The number of carbonyl (C=O) groups is 1. The largest absolute Gasteiger partial charge is 0.366 e. The van der Waals surface area contributed by atoms with Gasteiger partial charge in [-0.25, -0.2) is 0 Å². The van der Waals surface area contributed by atoms with Gasteiger partial charge in [-0.15, -0.1) is 12.4 Å². The highest BCUT2D eigenvalue weighted by molar-refractivity contribution is 5.85. The Hall–Kier alpha value is -0.320. The third-order valence-corrected chi connectivity index (χ3v) is 4.23. The number of morpholine rings is 1. The van der Waals surface area contributed by atoms with Crippen LogP contribution in [0.4, 0.5) is 0 Å². The minimum absolute atomic E-state index is 0. The quantitative estimate of drug-likeness (QED) is 0.799. The second-order valence-electron chi connectivity index (χ2n) is 6.53. The van der Waals surface area contributed by atoms with Gasteiger partial charge in [-0.3, -0.25) is 4.79 Å². The van der Waals surface area contributed by atoms with E-state index in [-0.39, 0.29) is 24.4 Å². The van der Waals surface area contributed by atoms with Gasteiger partial charge in [-0.1, -0.05) is 20.8 Å². The first kappa shape index (κ1) is 16.7. The van der Waals surface area contributed by atoms with Crippen molar-refractivity contribution in [1.82, 2.24) is 10.2 Å². The summed E-state index contributed by atoms with van der Waals surface area (Å²) in [5.41, 5.74) is 0.359. The van der Waals surface area contributed by atoms with E-state index in [0.717, 1.165) is 38.4 Å². The Labute approximate surface area is 122 Å². The third kappa shape index (κ3) is 4.33. The molecule has 2 rings (SSSR count). The molecule has 0 aliphatic carbocycles. The first-order valence-electron chi connectivity index (χ1n) is 7.09. The SMILES string of the molecule is CC(C)(C)C1CCN(C(=O)C2CNCCO2)CC1.Cl. The van der Waals surface area contributed by atoms with Gasteiger partial charge in [0.2, 0.25) is 0 Å². The zero-order valence-corrected chi connectivity index (χ0v) is 13.1. The van der Waals surface area contributed by atoms with E-state index in [0.29, 0.717) is 18.6 Å². The Morgan fingerprint density at radius 3 is 2.37 bits per heavy atom. The van der Waals surface area contributed by atoms with E-state index in [1.807, 2.05) is 4.90 Å². The van der Waals surface area contributed by atoms with Crippen molar-refractivity contribution in [3.8, 4) is 0 Å². The Morgan fingerprint density at radius 1 is 1.26 bits per heavy atom. The van der Waals surface area contributed by atoms with Gasteiger partial charge in [0.15, 0.2) is 0 Å². The van der Waals surface area contributed by atoms with Gasteiger partial charge in [0.05, 0.1) is 6.61 Å². The van der Waals surface area contributed by atoms with Crippen LogP contribution in [0.3, 0.4) is 0 Å². The molecule has 2 aliphatic rings. The lowest BCUT2D eigenvalue weighted by atomic mass is 9.75. The summed E-state index contributed by atoms with van der Waals surface area (Å²) in [4.78, 5) is 14.3. The number of nitrogens with zero attached hydrogens (tertiary/aromatic N) is 1. The van der Waals surface area contributed by atoms with Crippen molar-refractivity contribution in [1.29, 1.82) is 0 Å². The molecule has 0 spiro atoms. The van der Waals surface area contributed by atoms with Crippen molar-refractivity contribution in [2.45, 2.75) is 39.7 Å². The molecular weight excluding hydrogens is 264 g/mol. The number of nitrogens with one attached hydrogen (secondary N) is 1. The molecule has 0 saturated carbocycles. The first-order valence-corrected chi connectivity index (χ1v) is 7.09. The van der Waals surface area contributed by atoms with Gasteiger partial charge in [0, 0.05) is 26.2 Å². The lowest BCUT2D eigenvalue weighted by Gasteiger charge is -2.40. The molecule has 2 heterocycles. The molecule has 2 aliphatic heterocycles. The molecule has 0 bridgehead atoms. The molecule has 4 nitrogen and oxygen atoms in total. The predicted octanol–water partition coefficient (Wildman–Crippen LogP) is 1.68. The maximum absolute atomic E-state index is 12.3. The standard InChI is InChI=1S/C14H26N2O2.ClH/c1-14(2,3)11-4-7-16(8-5-11)13(17)12-10-15-6-9-18-12;/h11-12,15H,4-10H2,1-3H3;1H. The monoisotopic (exact) mass is 290 g/mol. The number of hydrogen-bond donors (Lipinski definition) is 1. The summed E-state index contributed by atoms with van der Waals surface area (Å²) in [5, 5.41) is 3.22. The molecule has 19 heavy (non-hydrogen) atoms. The van der Waals surface area contributed by atoms with E-state index >= 15 is 0 Å². The molecule has 0 aromatic rings. The Kier molecular flexibility index (Phi) is 6.09. The van der Waals surface area contributed by atoms with E-state index in [9.17, 15) is 4.79 Å². The van der Waals surface area contributed by atoms with Gasteiger partial charge in [-0.2, -0.15) is 0 Å². The van der Waals surface area contributed by atoms with Crippen molar-refractivity contribution in [2.75, 3.05) is 32.8 Å². The van der Waals surface area contributed by atoms with Crippen molar-refractivity contribution < 1.29 is 9.53 Å². The number of likely N-dealkylation sites (tertiary alicyclic amines) is 1. The van der Waals surface area contributed by atoms with Crippen LogP contribution in [-0.4, -0.2) is 49.7 Å². The molecule has 1 atom stereocenters. The van der Waals surface area contributed by atoms with Gasteiger partial charge in [0.1, 0.15) is 6.10 Å². The van der Waals surface area contributed by atoms with Crippen LogP contribution in [-0.2, 0) is 9.53 Å². The second-order valence-corrected chi connectivity index (χ2v) is 6.53. The predicted molar refractivity (Wildman–Crippen MR) is 78.6 cm³/mol. The van der Waals surface area contributed by atoms with Crippen LogP contribution in [0.5, 0.6) is 0 Å². The minimum Gasteiger partial charge on any atom is -0.366 e. The fourth-order valence-corrected chi connectivity index (χ4v) is 2.89. The minimum atomic E-state index is -0.259. The van der Waals surface area contributed by atoms with Crippen molar-refractivity contribution >= 4 is 18.3 Å². The van der Waals surface area contributed by atoms with Gasteiger partial charge in [0.25, 0.3) is 5.91 Å². The van der Waals surface area contributed by atoms with Crippen LogP contribution >= 0.6 is 12.4 Å². The Balaban J connectivity index is 0.00000180. The van der Waals surface area contributed by atoms with Crippen LogP contribution in [0, 0.1) is 11.3 Å². The topological polar surface area (TPSA) is 41.6 Å². The molecule has 0 aromatic carbocycles. The maximum atomic E-state index is 12.3. The van der Waals surface area contributed by atoms with Crippen LogP contribution in [0.25, 0.3) is 0 Å². The number of hydrogen-bond acceptors (Lipinski definition) is 3. The average Bonchev–Trinajstić information content (AvgIpc) is 2.38. The van der Waals surface area contributed by atoms with Crippen molar-refractivity contribution in [3.05, 3.63) is 0 Å². The number of rotatable bonds is 1. The molecule has 2 fully saturated rings. The normalized spacial score (nSPS) is 25.8. The summed E-state index contributed by atoms with van der Waals surface area (Å²) in [6.45, 7) is 10.8. The smallest absolute Gasteiger partial charge is 0.253 e. The highest BCUT2D eigenvalue weighted by atomic mass is 35.5. The van der Waals surface area contributed by atoms with Crippen molar-refractivity contribution in [2.24, 2.45) is 11.3 Å². The van der Waals surface area contributed by atoms with Crippen LogP contribution < -0.4 is 5.32 Å². The van der Waals surface area contributed by atoms with Crippen LogP contribution in [0.1, 0.15) is 33.6 Å². The highest BCUT2D eigenvalue weighted by Gasteiger charge is 2.33. The Morgan fingerprint density at radius 2 is 1.89 bits per heavy atom. The Bertz CT molecular complexity index is 290. The molecule has 0 radical (unpaired) electrons. The number of halogens is 1. The fraction of sp³-hybridized carbons (Fsp3) is 0.929. The van der Waals surface area contributed by atoms with E-state index < -0.39 is 0 Å². The van der Waals surface area contributed by atoms with E-state index in [1.165, 1.54) is 0 Å². The average molecular weight is 291 g/mol. The number of amides is 1. The number of ether oxygens (including phenoxy) is 1. The molecule has 2 saturated heterocycles. The molecule has 1 N–H and O–H groups in total. The molecular formula is C14H27ClN2O2. The zero-order valence-electron chi connectivity index (χ0n) is 12.3. The lowest BCUT2D eigenvalue weighted by Crippen LogP contribution is -2.51. The van der Waals surface area contributed by atoms with Crippen LogP contribution in [0.2, 0.25) is 0 Å². The van der Waals surface area contributed by atoms with Crippen molar-refractivity contribution in [3.63, 3.8) is 0 Å². The molecule has 1 unspecified atom stereocenters. The molecule has 112 valence electrons. The van der Waals surface area contributed by atoms with E-state index in [4.69, 9.17) is 4.74 Å². The summed E-state index contributed by atoms with van der Waals surface area (Å²) in [7, 11) is 0. The zero-order chi connectivity index (χ0) is 13.2. The molecule has 1 amide bonds. The summed E-state index contributed by atoms with van der Waals surface area (Å²) in [6, 6.07) is 0. The van der Waals surface area contributed by atoms with Gasteiger partial charge < -0.3 is 15.0 Å². The van der Waals surface area contributed by atoms with Crippen LogP contribution in [0.15, 0.2) is 0 Å². The van der Waals surface area contributed by atoms with E-state index in [1.54, 1.807) is 0 Å². The number of piperidine rings is 1. The highest BCUT2D eigenvalue weighted by Crippen LogP contribution is 2.34. The van der Waals surface area contributed by atoms with Gasteiger partial charge in [-0.05, 0) is 24.2 Å². The summed E-state index contributed by atoms with van der Waals surface area (Å²) in [5.74, 6) is 0.904. The molecule has 5 heteroatoms. The second kappa shape index (κ2) is 6.91. The third-order valence-electron chi connectivity index (χ3n) is 4.23. The van der Waals surface area contributed by atoms with Gasteiger partial charge >= 0.3 is 0 Å². The number of carbonyl (C=O) groups excluding carboxylic acids is 1. The van der Waals surface area contributed by atoms with E-state index in [2.05, 4.69) is 26.1 Å².